The van der Waals surface area contributed by atoms with Gasteiger partial charge in [0, 0.05) is 10.7 Å². The Morgan fingerprint density at radius 2 is 1.56 bits per heavy atom. The van der Waals surface area contributed by atoms with Crippen molar-refractivity contribution in [1.29, 1.82) is 5.26 Å². The summed E-state index contributed by atoms with van der Waals surface area (Å²) in [5.41, 5.74) is 0. The highest BCUT2D eigenvalue weighted by atomic mass is 35.7. The van der Waals surface area contributed by atoms with Crippen LogP contribution in [0.5, 0.6) is 0 Å². The summed E-state index contributed by atoms with van der Waals surface area (Å²) in [6, 6.07) is 2.43. The fourth-order valence-electron chi connectivity index (χ4n) is 3.93. The van der Waals surface area contributed by atoms with E-state index in [0.29, 0.717) is 11.8 Å². The second-order valence-corrected chi connectivity index (χ2v) is 7.77. The van der Waals surface area contributed by atoms with E-state index in [1.165, 1.54) is 44.9 Å². The molecule has 1 unspecified atom stereocenters. The van der Waals surface area contributed by atoms with Crippen LogP contribution < -0.4 is 0 Å². The summed E-state index contributed by atoms with van der Waals surface area (Å²) in [6.07, 6.45) is 11.4. The summed E-state index contributed by atoms with van der Waals surface area (Å²) >= 11 is 0. The molecule has 0 amide bonds. The number of hydrogen-bond donors (Lipinski definition) is 0. The van der Waals surface area contributed by atoms with Crippen LogP contribution in [0.25, 0.3) is 0 Å². The van der Waals surface area contributed by atoms with Gasteiger partial charge in [-0.25, -0.2) is 0 Å². The molecule has 0 aromatic carbocycles. The van der Waals surface area contributed by atoms with Gasteiger partial charge < -0.3 is 0 Å². The molecule has 0 aromatic rings. The van der Waals surface area contributed by atoms with Crippen molar-refractivity contribution in [3.05, 3.63) is 0 Å². The van der Waals surface area contributed by atoms with E-state index < -0.39 is 0 Å². The number of hydrogen-bond acceptors (Lipinski definition) is 2. The average molecular weight is 286 g/mol. The molecule has 0 spiro atoms. The zero-order chi connectivity index (χ0) is 13.0. The van der Waals surface area contributed by atoms with Gasteiger partial charge in [-0.15, -0.1) is 0 Å². The molecule has 102 valence electrons. The molecule has 0 N–H and O–H groups in total. The molecule has 0 aliphatic heterocycles. The Morgan fingerprint density at radius 1 is 1.00 bits per heavy atom. The number of rotatable bonds is 3. The van der Waals surface area contributed by atoms with Crippen molar-refractivity contribution in [3.8, 4) is 6.07 Å². The van der Waals surface area contributed by atoms with Gasteiger partial charge in [0.1, 0.15) is 0 Å². The maximum atomic E-state index is 9.00. The molecule has 3 heteroatoms. The van der Waals surface area contributed by atoms with Crippen molar-refractivity contribution < 1.29 is 0 Å². The zero-order valence-corrected chi connectivity index (χ0v) is 12.9. The van der Waals surface area contributed by atoms with Crippen molar-refractivity contribution in [1.82, 2.24) is 0 Å². The van der Waals surface area contributed by atoms with E-state index in [4.69, 9.17) is 15.9 Å². The normalized spacial score (nSPS) is 33.6. The van der Waals surface area contributed by atoms with Crippen molar-refractivity contribution in [2.75, 3.05) is 0 Å². The second-order valence-electron chi connectivity index (χ2n) is 6.27. The molecule has 1 nitrogen and oxygen atoms in total. The Hall–Kier alpha value is 0.130. The molecule has 2 aliphatic carbocycles. The molecule has 2 aliphatic rings. The predicted molar refractivity (Wildman–Crippen MR) is 79.5 cm³/mol. The lowest BCUT2D eigenvalue weighted by Gasteiger charge is -2.45. The molecular formula is C15H24ClNS. The van der Waals surface area contributed by atoms with E-state index in [2.05, 4.69) is 13.0 Å². The average Bonchev–Trinajstić information content (AvgIpc) is 2.47. The van der Waals surface area contributed by atoms with Gasteiger partial charge in [-0.1, -0.05) is 19.3 Å². The first-order chi connectivity index (χ1) is 8.70. The molecule has 0 heterocycles. The lowest BCUT2D eigenvalue weighted by Crippen LogP contribution is -2.41. The monoisotopic (exact) mass is 285 g/mol. The van der Waals surface area contributed by atoms with E-state index >= 15 is 0 Å². The van der Waals surface area contributed by atoms with Gasteiger partial charge in [-0.2, -0.15) is 5.26 Å². The Bertz CT molecular complexity index is 300. The van der Waals surface area contributed by atoms with Gasteiger partial charge in [-0.05, 0) is 78.9 Å². The van der Waals surface area contributed by atoms with Gasteiger partial charge in [0.2, 0.25) is 0 Å². The topological polar surface area (TPSA) is 23.8 Å². The van der Waals surface area contributed by atoms with Crippen molar-refractivity contribution >= 4 is 21.7 Å². The van der Waals surface area contributed by atoms with E-state index in [9.17, 15) is 0 Å². The number of nitrogens with zero attached hydrogens (tertiary/aromatic N) is 1. The Balaban J connectivity index is 2.00. The lowest BCUT2D eigenvalue weighted by molar-refractivity contribution is 0.178. The highest BCUT2D eigenvalue weighted by Gasteiger charge is 2.43. The fourth-order valence-corrected chi connectivity index (χ4v) is 5.41. The minimum Gasteiger partial charge on any atom is -0.198 e. The molecule has 0 aromatic heterocycles. The van der Waals surface area contributed by atoms with Crippen molar-refractivity contribution in [2.24, 2.45) is 17.8 Å². The van der Waals surface area contributed by atoms with Crippen LogP contribution in [0.2, 0.25) is 0 Å². The zero-order valence-electron chi connectivity index (χ0n) is 11.3. The van der Waals surface area contributed by atoms with Gasteiger partial charge in [0.15, 0.2) is 0 Å². The third-order valence-electron chi connectivity index (χ3n) is 5.30. The van der Waals surface area contributed by atoms with Crippen LogP contribution in [0, 0.1) is 29.1 Å². The third-order valence-corrected chi connectivity index (χ3v) is 7.30. The maximum absolute atomic E-state index is 9.00. The molecule has 0 saturated heterocycles. The fraction of sp³-hybridized carbons (Fsp3) is 0.933. The largest absolute Gasteiger partial charge is 0.198 e. The van der Waals surface area contributed by atoms with E-state index in [1.807, 2.05) is 0 Å². The minimum atomic E-state index is 0.238. The van der Waals surface area contributed by atoms with Crippen molar-refractivity contribution in [3.63, 3.8) is 0 Å². The summed E-state index contributed by atoms with van der Waals surface area (Å²) in [5.74, 6) is 1.81. The maximum Gasteiger partial charge on any atom is 0.0655 e. The highest BCUT2D eigenvalue weighted by Crippen LogP contribution is 2.52. The third kappa shape index (κ3) is 2.99. The van der Waals surface area contributed by atoms with Crippen LogP contribution in [0.3, 0.4) is 0 Å². The van der Waals surface area contributed by atoms with Gasteiger partial charge >= 0.3 is 0 Å². The van der Waals surface area contributed by atoms with E-state index in [1.54, 1.807) is 11.0 Å². The molecule has 2 fully saturated rings. The first-order valence-corrected chi connectivity index (χ1v) is 9.04. The SMILES string of the molecule is CC(SCl)(C1CCCCC1)C1CCC(C#N)CC1. The number of nitriles is 1. The van der Waals surface area contributed by atoms with E-state index in [0.717, 1.165) is 18.8 Å². The summed E-state index contributed by atoms with van der Waals surface area (Å²) in [6.45, 7) is 2.39. The summed E-state index contributed by atoms with van der Waals surface area (Å²) in [7, 11) is 7.88. The van der Waals surface area contributed by atoms with E-state index in [-0.39, 0.29) is 4.75 Å². The molecular weight excluding hydrogens is 262 g/mol. The van der Waals surface area contributed by atoms with Crippen LogP contribution in [-0.4, -0.2) is 4.75 Å². The summed E-state index contributed by atoms with van der Waals surface area (Å²) in [5, 5.41) is 9.00. The molecule has 0 radical (unpaired) electrons. The minimum absolute atomic E-state index is 0.238. The van der Waals surface area contributed by atoms with Crippen LogP contribution in [0.4, 0.5) is 0 Å². The Labute approximate surface area is 120 Å². The molecule has 0 bridgehead atoms. The highest BCUT2D eigenvalue weighted by molar-refractivity contribution is 8.22. The first-order valence-electron chi connectivity index (χ1n) is 7.40. The van der Waals surface area contributed by atoms with Gasteiger partial charge in [0.05, 0.1) is 6.07 Å². The molecule has 1 atom stereocenters. The second kappa shape index (κ2) is 6.53. The van der Waals surface area contributed by atoms with Gasteiger partial charge in [0.25, 0.3) is 0 Å². The van der Waals surface area contributed by atoms with Crippen LogP contribution in [-0.2, 0) is 0 Å². The van der Waals surface area contributed by atoms with Crippen LogP contribution in [0.15, 0.2) is 0 Å². The van der Waals surface area contributed by atoms with Crippen LogP contribution in [0.1, 0.15) is 64.7 Å². The van der Waals surface area contributed by atoms with Crippen LogP contribution >= 0.6 is 21.7 Å². The van der Waals surface area contributed by atoms with Crippen molar-refractivity contribution in [2.45, 2.75) is 69.5 Å². The standard InChI is InChI=1S/C15H24ClNS/c1-15(18-16,13-5-3-2-4-6-13)14-9-7-12(11-17)8-10-14/h12-14H,2-10H2,1H3. The Morgan fingerprint density at radius 3 is 2.06 bits per heavy atom. The first kappa shape index (κ1) is 14.5. The molecule has 18 heavy (non-hydrogen) atoms. The molecule has 2 saturated carbocycles. The molecule has 2 rings (SSSR count). The smallest absolute Gasteiger partial charge is 0.0655 e. The summed E-state index contributed by atoms with van der Waals surface area (Å²) < 4.78 is 0.238. The lowest BCUT2D eigenvalue weighted by atomic mass is 9.68. The van der Waals surface area contributed by atoms with Gasteiger partial charge in [-0.3, -0.25) is 0 Å². The number of halogens is 1. The quantitative estimate of drug-likeness (QED) is 0.679. The summed E-state index contributed by atoms with van der Waals surface area (Å²) in [4.78, 5) is 0. The Kier molecular flexibility index (Phi) is 5.27. The predicted octanol–water partition coefficient (Wildman–Crippen LogP) is 5.54.